The van der Waals surface area contributed by atoms with E-state index < -0.39 is 0 Å². The number of fused-ring (bicyclic) bond motifs is 1. The van der Waals surface area contributed by atoms with Gasteiger partial charge >= 0.3 is 0 Å². The number of nitrogens with zero attached hydrogens (tertiary/aromatic N) is 5. The number of H-pyrrole nitrogens is 1. The van der Waals surface area contributed by atoms with Crippen LogP contribution in [0.15, 0.2) is 41.6 Å². The highest BCUT2D eigenvalue weighted by molar-refractivity contribution is 5.91. The summed E-state index contributed by atoms with van der Waals surface area (Å²) in [7, 11) is 2.09. The lowest BCUT2D eigenvalue weighted by Gasteiger charge is -2.32. The van der Waals surface area contributed by atoms with Gasteiger partial charge in [0.25, 0.3) is 5.56 Å². The molecule has 0 amide bonds. The van der Waals surface area contributed by atoms with E-state index in [9.17, 15) is 4.79 Å². The monoisotopic (exact) mass is 322 g/mol. The fourth-order valence-corrected chi connectivity index (χ4v) is 2.99. The zero-order valence-corrected chi connectivity index (χ0v) is 13.4. The molecule has 0 aliphatic carbocycles. The molecule has 4 heterocycles. The molecular weight excluding hydrogens is 304 g/mol. The Morgan fingerprint density at radius 3 is 2.54 bits per heavy atom. The number of hydrogen-bond acceptors (Lipinski definition) is 6. The minimum atomic E-state index is -0.158. The van der Waals surface area contributed by atoms with E-state index in [1.807, 2.05) is 18.2 Å². The molecule has 0 spiro atoms. The topological polar surface area (TPSA) is 78.0 Å². The van der Waals surface area contributed by atoms with Crippen molar-refractivity contribution in [2.45, 2.75) is 0 Å². The second kappa shape index (κ2) is 6.01. The first-order valence-electron chi connectivity index (χ1n) is 7.95. The minimum absolute atomic E-state index is 0.158. The van der Waals surface area contributed by atoms with Crippen LogP contribution in [0.1, 0.15) is 0 Å². The van der Waals surface area contributed by atoms with Crippen LogP contribution in [-0.4, -0.2) is 58.1 Å². The largest absolute Gasteiger partial charge is 0.340 e. The summed E-state index contributed by atoms with van der Waals surface area (Å²) in [6.07, 6.45) is 5.11. The predicted octanol–water partition coefficient (Wildman–Crippen LogP) is 1.13. The third-order valence-corrected chi connectivity index (χ3v) is 4.39. The van der Waals surface area contributed by atoms with Crippen molar-refractivity contribution in [3.8, 4) is 11.1 Å². The number of nitrogens with one attached hydrogen (secondary N) is 1. The molecule has 7 heteroatoms. The molecule has 0 radical (unpaired) electrons. The first-order chi connectivity index (χ1) is 11.7. The quantitative estimate of drug-likeness (QED) is 0.762. The van der Waals surface area contributed by atoms with Crippen LogP contribution in [0, 0.1) is 0 Å². The fraction of sp³-hybridized carbons (Fsp3) is 0.294. The molecule has 0 atom stereocenters. The maximum absolute atomic E-state index is 12.7. The number of piperazine rings is 1. The van der Waals surface area contributed by atoms with Crippen molar-refractivity contribution in [1.29, 1.82) is 0 Å². The second-order valence-electron chi connectivity index (χ2n) is 5.97. The maximum Gasteiger partial charge on any atom is 0.262 e. The molecule has 1 saturated heterocycles. The third-order valence-electron chi connectivity index (χ3n) is 4.39. The molecule has 1 fully saturated rings. The average molecular weight is 322 g/mol. The molecule has 122 valence electrons. The van der Waals surface area contributed by atoms with Crippen LogP contribution in [0.2, 0.25) is 0 Å². The van der Waals surface area contributed by atoms with Gasteiger partial charge < -0.3 is 9.80 Å². The number of aromatic nitrogens is 4. The fourth-order valence-electron chi connectivity index (χ4n) is 2.99. The summed E-state index contributed by atoms with van der Waals surface area (Å²) in [6.45, 7) is 3.59. The van der Waals surface area contributed by atoms with Crippen LogP contribution < -0.4 is 10.5 Å². The van der Waals surface area contributed by atoms with Crippen LogP contribution in [-0.2, 0) is 0 Å². The highest BCUT2D eigenvalue weighted by Gasteiger charge is 2.18. The van der Waals surface area contributed by atoms with Gasteiger partial charge in [-0.2, -0.15) is 4.98 Å². The van der Waals surface area contributed by atoms with E-state index in [1.54, 1.807) is 18.6 Å². The van der Waals surface area contributed by atoms with Gasteiger partial charge in [-0.05, 0) is 36.4 Å². The molecule has 4 rings (SSSR count). The van der Waals surface area contributed by atoms with Gasteiger partial charge in [0, 0.05) is 44.8 Å². The van der Waals surface area contributed by atoms with E-state index in [-0.39, 0.29) is 5.56 Å². The van der Waals surface area contributed by atoms with Gasteiger partial charge in [0.2, 0.25) is 5.95 Å². The second-order valence-corrected chi connectivity index (χ2v) is 5.97. The Kier molecular flexibility index (Phi) is 3.70. The molecular formula is C17H18N6O. The summed E-state index contributed by atoms with van der Waals surface area (Å²) in [5, 5.41) is 0.515. The highest BCUT2D eigenvalue weighted by atomic mass is 16.1. The van der Waals surface area contributed by atoms with Crippen molar-refractivity contribution in [2.75, 3.05) is 38.1 Å². The molecule has 0 saturated carbocycles. The van der Waals surface area contributed by atoms with Crippen molar-refractivity contribution in [3.63, 3.8) is 0 Å². The number of anilines is 1. The Bertz CT molecular complexity index is 915. The van der Waals surface area contributed by atoms with Gasteiger partial charge in [0.1, 0.15) is 0 Å². The van der Waals surface area contributed by atoms with Gasteiger partial charge in [-0.15, -0.1) is 0 Å². The Morgan fingerprint density at radius 2 is 1.79 bits per heavy atom. The molecule has 24 heavy (non-hydrogen) atoms. The summed E-state index contributed by atoms with van der Waals surface area (Å²) in [5.41, 5.74) is 2.06. The van der Waals surface area contributed by atoms with Gasteiger partial charge in [-0.25, -0.2) is 4.98 Å². The number of likely N-dealkylation sites (N-methyl/N-ethyl adjacent to an activating group) is 1. The Hall–Kier alpha value is -2.80. The molecule has 7 nitrogen and oxygen atoms in total. The summed E-state index contributed by atoms with van der Waals surface area (Å²) in [6, 6.07) is 5.59. The van der Waals surface area contributed by atoms with Crippen LogP contribution in [0.3, 0.4) is 0 Å². The van der Waals surface area contributed by atoms with Crippen molar-refractivity contribution < 1.29 is 0 Å². The molecule has 1 N–H and O–H groups in total. The molecule has 0 unspecified atom stereocenters. The molecule has 1 aliphatic rings. The lowest BCUT2D eigenvalue weighted by molar-refractivity contribution is 0.311. The van der Waals surface area contributed by atoms with Gasteiger partial charge in [0.05, 0.1) is 5.39 Å². The Balaban J connectivity index is 1.82. The standard InChI is InChI=1S/C17H18N6O/c1-22-8-10-23(11-9-22)17-20-15-14(16(24)21-17)13(4-7-19-15)12-2-5-18-6-3-12/h2-7H,8-11H2,1H3,(H,19,20,21,24). The summed E-state index contributed by atoms with van der Waals surface area (Å²) < 4.78 is 0. The minimum Gasteiger partial charge on any atom is -0.340 e. The third kappa shape index (κ3) is 2.63. The van der Waals surface area contributed by atoms with E-state index in [4.69, 9.17) is 0 Å². The van der Waals surface area contributed by atoms with Crippen LogP contribution >= 0.6 is 0 Å². The number of pyridine rings is 2. The predicted molar refractivity (Wildman–Crippen MR) is 93.1 cm³/mol. The number of aromatic amines is 1. The molecule has 0 bridgehead atoms. The number of hydrogen-bond donors (Lipinski definition) is 1. The van der Waals surface area contributed by atoms with E-state index in [1.165, 1.54) is 0 Å². The van der Waals surface area contributed by atoms with E-state index in [0.29, 0.717) is 17.0 Å². The van der Waals surface area contributed by atoms with E-state index in [2.05, 4.69) is 36.8 Å². The lowest BCUT2D eigenvalue weighted by atomic mass is 10.1. The molecule has 1 aliphatic heterocycles. The highest BCUT2D eigenvalue weighted by Crippen LogP contribution is 2.24. The summed E-state index contributed by atoms with van der Waals surface area (Å²) in [5.74, 6) is 0.597. The van der Waals surface area contributed by atoms with Gasteiger partial charge in [0.15, 0.2) is 5.65 Å². The first-order valence-corrected chi connectivity index (χ1v) is 7.95. The lowest BCUT2D eigenvalue weighted by Crippen LogP contribution is -2.45. The Labute approximate surface area is 139 Å². The van der Waals surface area contributed by atoms with Crippen LogP contribution in [0.4, 0.5) is 5.95 Å². The maximum atomic E-state index is 12.7. The van der Waals surface area contributed by atoms with Crippen molar-refractivity contribution >= 4 is 17.0 Å². The van der Waals surface area contributed by atoms with Crippen LogP contribution in [0.25, 0.3) is 22.2 Å². The zero-order chi connectivity index (χ0) is 16.5. The van der Waals surface area contributed by atoms with Crippen molar-refractivity contribution in [2.24, 2.45) is 0 Å². The van der Waals surface area contributed by atoms with Gasteiger partial charge in [-0.1, -0.05) is 0 Å². The van der Waals surface area contributed by atoms with Gasteiger partial charge in [-0.3, -0.25) is 14.8 Å². The zero-order valence-electron chi connectivity index (χ0n) is 13.4. The smallest absolute Gasteiger partial charge is 0.262 e. The summed E-state index contributed by atoms with van der Waals surface area (Å²) in [4.78, 5) is 32.9. The van der Waals surface area contributed by atoms with Crippen molar-refractivity contribution in [3.05, 3.63) is 47.1 Å². The van der Waals surface area contributed by atoms with Crippen molar-refractivity contribution in [1.82, 2.24) is 24.8 Å². The molecule has 3 aromatic heterocycles. The first kappa shape index (κ1) is 14.8. The molecule has 0 aromatic carbocycles. The average Bonchev–Trinajstić information content (AvgIpc) is 2.62. The van der Waals surface area contributed by atoms with Crippen LogP contribution in [0.5, 0.6) is 0 Å². The Morgan fingerprint density at radius 1 is 1.04 bits per heavy atom. The number of rotatable bonds is 2. The SMILES string of the molecule is CN1CCN(c2nc3nccc(-c4ccncc4)c3c(=O)[nH]2)CC1. The van der Waals surface area contributed by atoms with E-state index in [0.717, 1.165) is 37.3 Å². The summed E-state index contributed by atoms with van der Waals surface area (Å²) >= 11 is 0. The normalized spacial score (nSPS) is 15.8. The molecule has 3 aromatic rings. The van der Waals surface area contributed by atoms with E-state index >= 15 is 0 Å².